The van der Waals surface area contributed by atoms with Crippen molar-refractivity contribution in [2.24, 2.45) is 5.92 Å². The lowest BCUT2D eigenvalue weighted by molar-refractivity contribution is 0.306. The molecule has 1 aromatic carbocycles. The van der Waals surface area contributed by atoms with Crippen molar-refractivity contribution < 1.29 is 18.6 Å². The van der Waals surface area contributed by atoms with Crippen LogP contribution in [0.5, 0.6) is 23.1 Å². The predicted octanol–water partition coefficient (Wildman–Crippen LogP) is 5.81. The van der Waals surface area contributed by atoms with Gasteiger partial charge in [0.2, 0.25) is 11.6 Å². The van der Waals surface area contributed by atoms with Crippen molar-refractivity contribution in [1.82, 2.24) is 10.3 Å². The maximum Gasteiger partial charge on any atom is 0.219 e. The molecule has 6 heteroatoms. The van der Waals surface area contributed by atoms with Gasteiger partial charge in [-0.1, -0.05) is 25.0 Å². The Bertz CT molecular complexity index is 955. The van der Waals surface area contributed by atoms with E-state index in [4.69, 9.17) is 18.6 Å². The summed E-state index contributed by atoms with van der Waals surface area (Å²) in [5.41, 5.74) is 1.09. The van der Waals surface area contributed by atoms with Gasteiger partial charge in [0.1, 0.15) is 11.5 Å². The second kappa shape index (κ2) is 9.88. The number of hydrogen-bond donors (Lipinski definition) is 1. The second-order valence-corrected chi connectivity index (χ2v) is 7.95. The fourth-order valence-corrected chi connectivity index (χ4v) is 4.24. The van der Waals surface area contributed by atoms with Gasteiger partial charge in [-0.2, -0.15) is 0 Å². The number of aryl methyl sites for hydroxylation is 1. The number of aromatic nitrogens is 1. The van der Waals surface area contributed by atoms with Gasteiger partial charge in [-0.15, -0.1) is 0 Å². The van der Waals surface area contributed by atoms with Crippen LogP contribution in [0.4, 0.5) is 0 Å². The molecule has 1 saturated carbocycles. The van der Waals surface area contributed by atoms with Gasteiger partial charge in [0.15, 0.2) is 11.5 Å². The van der Waals surface area contributed by atoms with Crippen molar-refractivity contribution in [3.05, 3.63) is 65.7 Å². The van der Waals surface area contributed by atoms with Gasteiger partial charge in [-0.25, -0.2) is 4.98 Å². The van der Waals surface area contributed by atoms with E-state index >= 15 is 0 Å². The van der Waals surface area contributed by atoms with E-state index in [9.17, 15) is 0 Å². The maximum absolute atomic E-state index is 5.96. The minimum Gasteiger partial charge on any atom is -0.493 e. The minimum absolute atomic E-state index is 0.227. The van der Waals surface area contributed by atoms with Crippen LogP contribution in [0.2, 0.25) is 0 Å². The van der Waals surface area contributed by atoms with Gasteiger partial charge in [0.05, 0.1) is 20.3 Å². The van der Waals surface area contributed by atoms with E-state index in [1.807, 2.05) is 49.5 Å². The normalized spacial score (nSPS) is 15.1. The Morgan fingerprint density at radius 3 is 2.35 bits per heavy atom. The van der Waals surface area contributed by atoms with Gasteiger partial charge >= 0.3 is 0 Å². The van der Waals surface area contributed by atoms with E-state index in [0.29, 0.717) is 35.6 Å². The largest absolute Gasteiger partial charge is 0.493 e. The van der Waals surface area contributed by atoms with Crippen LogP contribution in [-0.2, 0) is 6.54 Å². The molecule has 0 amide bonds. The van der Waals surface area contributed by atoms with Crippen LogP contribution >= 0.6 is 0 Å². The van der Waals surface area contributed by atoms with Crippen LogP contribution < -0.4 is 19.5 Å². The lowest BCUT2D eigenvalue weighted by Gasteiger charge is -2.23. The molecule has 6 nitrogen and oxygen atoms in total. The number of furan rings is 1. The Hall–Kier alpha value is -2.99. The third-order valence-electron chi connectivity index (χ3n) is 5.85. The first-order chi connectivity index (χ1) is 15.2. The van der Waals surface area contributed by atoms with E-state index in [2.05, 4.69) is 16.4 Å². The van der Waals surface area contributed by atoms with Crippen LogP contribution in [-0.4, -0.2) is 19.2 Å². The summed E-state index contributed by atoms with van der Waals surface area (Å²) in [6.07, 6.45) is 6.90. The van der Waals surface area contributed by atoms with Crippen LogP contribution in [0.1, 0.15) is 48.8 Å². The Balaban J connectivity index is 1.44. The number of ether oxygens (including phenoxy) is 3. The monoisotopic (exact) mass is 422 g/mol. The molecule has 0 saturated heterocycles. The van der Waals surface area contributed by atoms with E-state index in [-0.39, 0.29) is 6.04 Å². The minimum atomic E-state index is 0.227. The van der Waals surface area contributed by atoms with Gasteiger partial charge in [0.25, 0.3) is 0 Å². The van der Waals surface area contributed by atoms with E-state index in [1.54, 1.807) is 14.2 Å². The zero-order chi connectivity index (χ0) is 21.6. The highest BCUT2D eigenvalue weighted by atomic mass is 16.5. The van der Waals surface area contributed by atoms with Crippen LogP contribution in [0.15, 0.2) is 53.1 Å². The molecule has 31 heavy (non-hydrogen) atoms. The van der Waals surface area contributed by atoms with Crippen LogP contribution in [0.25, 0.3) is 0 Å². The summed E-state index contributed by atoms with van der Waals surface area (Å²) in [6, 6.07) is 13.8. The zero-order valence-corrected chi connectivity index (χ0v) is 18.4. The number of hydrogen-bond acceptors (Lipinski definition) is 6. The summed E-state index contributed by atoms with van der Waals surface area (Å²) in [4.78, 5) is 4.48. The quantitative estimate of drug-likeness (QED) is 0.469. The molecule has 2 heterocycles. The molecule has 1 aliphatic rings. The highest BCUT2D eigenvalue weighted by Crippen LogP contribution is 2.39. The van der Waals surface area contributed by atoms with Crippen molar-refractivity contribution in [3.63, 3.8) is 0 Å². The highest BCUT2D eigenvalue weighted by molar-refractivity contribution is 5.52. The molecular formula is C25H30N2O4. The average molecular weight is 423 g/mol. The number of benzene rings is 1. The molecule has 2 aromatic heterocycles. The van der Waals surface area contributed by atoms with Crippen LogP contribution in [0.3, 0.4) is 0 Å². The summed E-state index contributed by atoms with van der Waals surface area (Å²) in [5.74, 6) is 4.79. The molecule has 1 fully saturated rings. The lowest BCUT2D eigenvalue weighted by Crippen LogP contribution is -2.26. The Labute approximate surface area is 183 Å². The molecule has 0 radical (unpaired) electrons. The van der Waals surface area contributed by atoms with E-state index in [1.165, 1.54) is 25.7 Å². The predicted molar refractivity (Wildman–Crippen MR) is 119 cm³/mol. The molecule has 164 valence electrons. The van der Waals surface area contributed by atoms with Crippen LogP contribution in [0, 0.1) is 12.8 Å². The van der Waals surface area contributed by atoms with Gasteiger partial charge < -0.3 is 23.9 Å². The molecule has 0 bridgehead atoms. The molecule has 1 N–H and O–H groups in total. The summed E-state index contributed by atoms with van der Waals surface area (Å²) >= 11 is 0. The maximum atomic E-state index is 5.96. The highest BCUT2D eigenvalue weighted by Gasteiger charge is 2.28. The number of pyridine rings is 1. The average Bonchev–Trinajstić information content (AvgIpc) is 3.48. The third-order valence-corrected chi connectivity index (χ3v) is 5.85. The molecular weight excluding hydrogens is 392 g/mol. The number of nitrogens with one attached hydrogen (secondary N) is 1. The molecule has 4 rings (SSSR count). The molecule has 0 spiro atoms. The number of para-hydroxylation sites is 1. The topological polar surface area (TPSA) is 65.8 Å². The number of nitrogens with zero attached hydrogens (tertiary/aromatic N) is 1. The zero-order valence-electron chi connectivity index (χ0n) is 18.4. The molecule has 3 aromatic rings. The number of rotatable bonds is 9. The van der Waals surface area contributed by atoms with Crippen molar-refractivity contribution in [2.75, 3.05) is 14.2 Å². The van der Waals surface area contributed by atoms with Crippen molar-refractivity contribution in [3.8, 4) is 23.1 Å². The van der Waals surface area contributed by atoms with Crippen molar-refractivity contribution in [2.45, 2.75) is 45.2 Å². The molecule has 1 atom stereocenters. The van der Waals surface area contributed by atoms with Gasteiger partial charge in [-0.05, 0) is 55.5 Å². The fraction of sp³-hybridized carbons (Fsp3) is 0.400. The third kappa shape index (κ3) is 5.02. The Morgan fingerprint density at radius 1 is 1.03 bits per heavy atom. The standard InChI is InChI=1S/C25H30N2O4/c1-17-11-13-20(30-17)24(19-7-4-5-8-19)27-16-18-12-14-23(26-15-18)31-25-21(28-2)9-6-10-22(25)29-3/h6,9-15,19,24,27H,4-5,7-8,16H2,1-3H3. The lowest BCUT2D eigenvalue weighted by atomic mass is 9.96. The number of methoxy groups -OCH3 is 2. The van der Waals surface area contributed by atoms with Gasteiger partial charge in [0, 0.05) is 18.8 Å². The second-order valence-electron chi connectivity index (χ2n) is 7.95. The summed E-state index contributed by atoms with van der Waals surface area (Å²) in [6.45, 7) is 2.71. The Kier molecular flexibility index (Phi) is 6.77. The van der Waals surface area contributed by atoms with E-state index < -0.39 is 0 Å². The molecule has 0 aliphatic heterocycles. The summed E-state index contributed by atoms with van der Waals surface area (Å²) in [5, 5.41) is 3.70. The first kappa shape index (κ1) is 21.2. The van der Waals surface area contributed by atoms with Gasteiger partial charge in [-0.3, -0.25) is 0 Å². The molecule has 1 aliphatic carbocycles. The van der Waals surface area contributed by atoms with Crippen molar-refractivity contribution >= 4 is 0 Å². The summed E-state index contributed by atoms with van der Waals surface area (Å²) in [7, 11) is 3.20. The first-order valence-electron chi connectivity index (χ1n) is 10.8. The SMILES string of the molecule is COc1cccc(OC)c1Oc1ccc(CNC(c2ccc(C)o2)C2CCCC2)cn1. The first-order valence-corrected chi connectivity index (χ1v) is 10.8. The summed E-state index contributed by atoms with van der Waals surface area (Å²) < 4.78 is 22.7. The Morgan fingerprint density at radius 2 is 1.77 bits per heavy atom. The molecule has 1 unspecified atom stereocenters. The van der Waals surface area contributed by atoms with Crippen molar-refractivity contribution in [1.29, 1.82) is 0 Å². The van der Waals surface area contributed by atoms with E-state index in [0.717, 1.165) is 17.1 Å². The smallest absolute Gasteiger partial charge is 0.219 e. The fourth-order valence-electron chi connectivity index (χ4n) is 4.24.